The van der Waals surface area contributed by atoms with E-state index < -0.39 is 30.6 Å². The highest BCUT2D eigenvalue weighted by Gasteiger charge is 2.41. The molecule has 0 bridgehead atoms. The van der Waals surface area contributed by atoms with Gasteiger partial charge in [0.1, 0.15) is 12.6 Å². The number of hydrogen-bond acceptors (Lipinski definition) is 3. The second-order valence-corrected chi connectivity index (χ2v) is 8.65. The highest BCUT2D eigenvalue weighted by molar-refractivity contribution is 6.35. The summed E-state index contributed by atoms with van der Waals surface area (Å²) in [6.07, 6.45) is -4.76. The van der Waals surface area contributed by atoms with Crippen LogP contribution in [0, 0.1) is 0 Å². The van der Waals surface area contributed by atoms with Gasteiger partial charge < -0.3 is 10.2 Å². The van der Waals surface area contributed by atoms with Gasteiger partial charge in [-0.05, 0) is 43.7 Å². The molecule has 0 saturated heterocycles. The number of nitrogens with zero attached hydrogens (tertiary/aromatic N) is 2. The highest BCUT2D eigenvalue weighted by atomic mass is 35.5. The number of fused-ring (bicyclic) bond motifs is 1. The Morgan fingerprint density at radius 3 is 2.41 bits per heavy atom. The van der Waals surface area contributed by atoms with Crippen LogP contribution in [0.2, 0.25) is 10.0 Å². The molecule has 172 valence electrons. The first-order chi connectivity index (χ1) is 15.0. The van der Waals surface area contributed by atoms with Gasteiger partial charge in [0.25, 0.3) is 5.91 Å². The molecule has 1 unspecified atom stereocenters. The van der Waals surface area contributed by atoms with Crippen molar-refractivity contribution in [1.29, 1.82) is 0 Å². The average molecular weight is 488 g/mol. The maximum absolute atomic E-state index is 13.3. The largest absolute Gasteiger partial charge is 0.406 e. The van der Waals surface area contributed by atoms with Crippen molar-refractivity contribution in [1.82, 2.24) is 5.32 Å². The number of carbonyl (C=O) groups excluding carboxylic acids is 2. The summed E-state index contributed by atoms with van der Waals surface area (Å²) in [5.41, 5.74) is 1.14. The molecule has 1 N–H and O–H groups in total. The molecule has 0 aliphatic carbocycles. The van der Waals surface area contributed by atoms with E-state index in [1.165, 1.54) is 12.1 Å². The average Bonchev–Trinajstić information content (AvgIpc) is 2.80. The zero-order valence-electron chi connectivity index (χ0n) is 17.4. The summed E-state index contributed by atoms with van der Waals surface area (Å²) in [5, 5.41) is 3.30. The fourth-order valence-corrected chi connectivity index (χ4v) is 4.11. The third-order valence-electron chi connectivity index (χ3n) is 5.09. The Morgan fingerprint density at radius 2 is 1.81 bits per heavy atom. The van der Waals surface area contributed by atoms with Crippen molar-refractivity contribution in [2.24, 2.45) is 0 Å². The molecule has 10 heteroatoms. The van der Waals surface area contributed by atoms with Gasteiger partial charge in [0.05, 0.1) is 17.8 Å². The first-order valence-electron chi connectivity index (χ1n) is 9.93. The van der Waals surface area contributed by atoms with Crippen molar-refractivity contribution in [2.45, 2.75) is 38.5 Å². The van der Waals surface area contributed by atoms with Gasteiger partial charge in [-0.3, -0.25) is 14.5 Å². The van der Waals surface area contributed by atoms with E-state index in [9.17, 15) is 22.8 Å². The van der Waals surface area contributed by atoms with E-state index in [4.69, 9.17) is 23.2 Å². The number of nitrogens with one attached hydrogen (secondary N) is 1. The smallest absolute Gasteiger partial charge is 0.365 e. The lowest BCUT2D eigenvalue weighted by atomic mass is 10.1. The third kappa shape index (κ3) is 5.66. The van der Waals surface area contributed by atoms with Crippen LogP contribution in [0.5, 0.6) is 0 Å². The molecule has 1 heterocycles. The predicted molar refractivity (Wildman–Crippen MR) is 119 cm³/mol. The zero-order chi connectivity index (χ0) is 23.6. The highest BCUT2D eigenvalue weighted by Crippen LogP contribution is 2.35. The van der Waals surface area contributed by atoms with Crippen LogP contribution in [0.25, 0.3) is 0 Å². The Labute approximate surface area is 194 Å². The molecule has 2 aromatic rings. The third-order valence-corrected chi connectivity index (χ3v) is 5.67. The fraction of sp³-hybridized carbons (Fsp3) is 0.364. The first-order valence-corrected chi connectivity index (χ1v) is 10.7. The summed E-state index contributed by atoms with van der Waals surface area (Å²) >= 11 is 12.0. The molecular formula is C22H22Cl2F3N3O2. The summed E-state index contributed by atoms with van der Waals surface area (Å²) in [6, 6.07) is 9.79. The standard InChI is InChI=1S/C22H22Cl2F3N3O2/c1-13(2)29-11-17(28-20(31)9-14-7-8-15(23)10-16(14)24)21(32)30(12-22(25,26)27)19-6-4-3-5-18(19)29/h3-8,10,13,17H,9,11-12H2,1-2H3,(H,28,31). The first kappa shape index (κ1) is 24.2. The molecule has 1 atom stereocenters. The summed E-state index contributed by atoms with van der Waals surface area (Å²) in [6.45, 7) is 2.31. The van der Waals surface area contributed by atoms with Crippen LogP contribution in [0.3, 0.4) is 0 Å². The Balaban J connectivity index is 1.91. The van der Waals surface area contributed by atoms with Crippen molar-refractivity contribution in [3.05, 3.63) is 58.1 Å². The molecule has 1 aliphatic heterocycles. The Bertz CT molecular complexity index is 1010. The molecule has 0 saturated carbocycles. The van der Waals surface area contributed by atoms with Crippen LogP contribution in [0.15, 0.2) is 42.5 Å². The van der Waals surface area contributed by atoms with Crippen molar-refractivity contribution in [3.63, 3.8) is 0 Å². The van der Waals surface area contributed by atoms with Crippen LogP contribution in [0.4, 0.5) is 24.5 Å². The molecule has 0 fully saturated rings. The van der Waals surface area contributed by atoms with Crippen LogP contribution in [-0.4, -0.2) is 43.2 Å². The monoisotopic (exact) mass is 487 g/mol. The normalized spacial score (nSPS) is 16.8. The number of alkyl halides is 3. The van der Waals surface area contributed by atoms with Crippen molar-refractivity contribution >= 4 is 46.4 Å². The summed E-state index contributed by atoms with van der Waals surface area (Å²) in [7, 11) is 0. The molecule has 0 spiro atoms. The Morgan fingerprint density at radius 1 is 1.16 bits per heavy atom. The molecule has 1 aliphatic rings. The topological polar surface area (TPSA) is 52.7 Å². The van der Waals surface area contributed by atoms with E-state index in [-0.39, 0.29) is 29.7 Å². The summed E-state index contributed by atoms with van der Waals surface area (Å²) < 4.78 is 40.0. The number of rotatable bonds is 5. The van der Waals surface area contributed by atoms with Gasteiger partial charge in [-0.15, -0.1) is 0 Å². The van der Waals surface area contributed by atoms with Gasteiger partial charge >= 0.3 is 6.18 Å². The molecule has 0 aromatic heterocycles. The van der Waals surface area contributed by atoms with Gasteiger partial charge in [0.2, 0.25) is 5.91 Å². The van der Waals surface area contributed by atoms with Crippen molar-refractivity contribution in [2.75, 3.05) is 22.9 Å². The second-order valence-electron chi connectivity index (χ2n) is 7.81. The predicted octanol–water partition coefficient (Wildman–Crippen LogP) is 4.84. The minimum atomic E-state index is -4.61. The van der Waals surface area contributed by atoms with E-state index >= 15 is 0 Å². The second kappa shape index (κ2) is 9.58. The molecular weight excluding hydrogens is 466 g/mol. The maximum Gasteiger partial charge on any atom is 0.406 e. The molecule has 2 amide bonds. The van der Waals surface area contributed by atoms with Gasteiger partial charge in [0, 0.05) is 22.6 Å². The Hall–Kier alpha value is -2.45. The van der Waals surface area contributed by atoms with Crippen molar-refractivity contribution in [3.8, 4) is 0 Å². The van der Waals surface area contributed by atoms with Gasteiger partial charge in [-0.1, -0.05) is 41.4 Å². The Kier molecular flexibility index (Phi) is 7.25. The molecule has 0 radical (unpaired) electrons. The molecule has 5 nitrogen and oxygen atoms in total. The minimum absolute atomic E-state index is 0.0297. The SMILES string of the molecule is CC(C)N1CC(NC(=O)Cc2ccc(Cl)cc2Cl)C(=O)N(CC(F)(F)F)c2ccccc21. The molecule has 3 rings (SSSR count). The lowest BCUT2D eigenvalue weighted by molar-refractivity contribution is -0.134. The van der Waals surface area contributed by atoms with E-state index in [1.54, 1.807) is 30.3 Å². The van der Waals surface area contributed by atoms with E-state index in [0.29, 0.717) is 21.2 Å². The van der Waals surface area contributed by atoms with E-state index in [1.807, 2.05) is 18.7 Å². The fourth-order valence-electron chi connectivity index (χ4n) is 3.64. The lowest BCUT2D eigenvalue weighted by Crippen LogP contribution is -2.54. The minimum Gasteiger partial charge on any atom is -0.365 e. The number of carbonyl (C=O) groups is 2. The number of hydrogen-bond donors (Lipinski definition) is 1. The number of amides is 2. The lowest BCUT2D eigenvalue weighted by Gasteiger charge is -2.30. The summed E-state index contributed by atoms with van der Waals surface area (Å²) in [5.74, 6) is -1.36. The number of anilines is 2. The summed E-state index contributed by atoms with van der Waals surface area (Å²) in [4.78, 5) is 28.4. The van der Waals surface area contributed by atoms with Crippen LogP contribution < -0.4 is 15.1 Å². The number of para-hydroxylation sites is 2. The molecule has 2 aromatic carbocycles. The number of benzene rings is 2. The van der Waals surface area contributed by atoms with Crippen LogP contribution in [0.1, 0.15) is 19.4 Å². The maximum atomic E-state index is 13.3. The quantitative estimate of drug-likeness (QED) is 0.655. The zero-order valence-corrected chi connectivity index (χ0v) is 18.9. The van der Waals surface area contributed by atoms with Crippen LogP contribution >= 0.6 is 23.2 Å². The van der Waals surface area contributed by atoms with Gasteiger partial charge in [-0.2, -0.15) is 13.2 Å². The van der Waals surface area contributed by atoms with Gasteiger partial charge in [-0.25, -0.2) is 0 Å². The number of halogens is 5. The van der Waals surface area contributed by atoms with E-state index in [0.717, 1.165) is 0 Å². The van der Waals surface area contributed by atoms with E-state index in [2.05, 4.69) is 5.32 Å². The van der Waals surface area contributed by atoms with Crippen LogP contribution in [-0.2, 0) is 16.0 Å². The molecule has 32 heavy (non-hydrogen) atoms. The van der Waals surface area contributed by atoms with Crippen molar-refractivity contribution < 1.29 is 22.8 Å². The van der Waals surface area contributed by atoms with Gasteiger partial charge in [0.15, 0.2) is 0 Å².